The van der Waals surface area contributed by atoms with E-state index in [9.17, 15) is 8.42 Å². The van der Waals surface area contributed by atoms with E-state index in [1.807, 2.05) is 25.2 Å². The van der Waals surface area contributed by atoms with Crippen LogP contribution in [0.1, 0.15) is 5.69 Å². The second-order valence-corrected chi connectivity index (χ2v) is 5.97. The Morgan fingerprint density at radius 1 is 1.16 bits per heavy atom. The van der Waals surface area contributed by atoms with Crippen molar-refractivity contribution in [3.8, 4) is 17.3 Å². The van der Waals surface area contributed by atoms with Crippen LogP contribution in [0.5, 0.6) is 0 Å². The van der Waals surface area contributed by atoms with Crippen molar-refractivity contribution >= 4 is 15.7 Å². The molecule has 0 radical (unpaired) electrons. The number of nitrogens with zero attached hydrogens (tertiary/aromatic N) is 2. The average Bonchev–Trinajstić information content (AvgIpc) is 2.69. The van der Waals surface area contributed by atoms with Gasteiger partial charge in [-0.25, -0.2) is 8.42 Å². The second-order valence-electron chi connectivity index (χ2n) is 4.23. The van der Waals surface area contributed by atoms with E-state index in [0.717, 1.165) is 17.5 Å². The van der Waals surface area contributed by atoms with Crippen LogP contribution in [0.3, 0.4) is 0 Å². The molecule has 1 aromatic heterocycles. The molecule has 0 aliphatic rings. The fourth-order valence-corrected chi connectivity index (χ4v) is 2.40. The molecule has 0 aliphatic carbocycles. The van der Waals surface area contributed by atoms with Crippen molar-refractivity contribution in [1.82, 2.24) is 4.57 Å². The SMILES string of the molecule is Cn1c(C#N)ccc1-c1ccc(NS(C)(=O)=O)cc1. The molecule has 0 spiro atoms. The molecule has 0 unspecified atom stereocenters. The van der Waals surface area contributed by atoms with E-state index < -0.39 is 10.0 Å². The molecular weight excluding hydrogens is 262 g/mol. The van der Waals surface area contributed by atoms with Gasteiger partial charge < -0.3 is 4.57 Å². The maximum absolute atomic E-state index is 11.1. The Morgan fingerprint density at radius 3 is 2.26 bits per heavy atom. The van der Waals surface area contributed by atoms with E-state index in [4.69, 9.17) is 5.26 Å². The van der Waals surface area contributed by atoms with Gasteiger partial charge in [-0.3, -0.25) is 4.72 Å². The van der Waals surface area contributed by atoms with Gasteiger partial charge in [-0.1, -0.05) is 12.1 Å². The average molecular weight is 275 g/mol. The Hall–Kier alpha value is -2.26. The Kier molecular flexibility index (Phi) is 3.32. The minimum atomic E-state index is -3.26. The first kappa shape index (κ1) is 13.2. The van der Waals surface area contributed by atoms with Crippen LogP contribution in [0, 0.1) is 11.3 Å². The summed E-state index contributed by atoms with van der Waals surface area (Å²) in [7, 11) is -1.44. The lowest BCUT2D eigenvalue weighted by Crippen LogP contribution is -2.09. The molecular formula is C13H13N3O2S. The van der Waals surface area contributed by atoms with Crippen LogP contribution in [0.2, 0.25) is 0 Å². The van der Waals surface area contributed by atoms with Gasteiger partial charge in [-0.05, 0) is 29.8 Å². The Morgan fingerprint density at radius 2 is 1.79 bits per heavy atom. The smallest absolute Gasteiger partial charge is 0.229 e. The highest BCUT2D eigenvalue weighted by Gasteiger charge is 2.07. The molecule has 0 aliphatic heterocycles. The molecule has 2 aromatic rings. The highest BCUT2D eigenvalue weighted by molar-refractivity contribution is 7.92. The summed E-state index contributed by atoms with van der Waals surface area (Å²) in [5.74, 6) is 0. The summed E-state index contributed by atoms with van der Waals surface area (Å²) in [5, 5.41) is 8.90. The quantitative estimate of drug-likeness (QED) is 0.930. The second kappa shape index (κ2) is 4.78. The van der Waals surface area contributed by atoms with Gasteiger partial charge in [-0.2, -0.15) is 5.26 Å². The number of benzene rings is 1. The summed E-state index contributed by atoms with van der Waals surface area (Å²) in [5.41, 5.74) is 2.92. The fourth-order valence-electron chi connectivity index (χ4n) is 1.84. The number of hydrogen-bond acceptors (Lipinski definition) is 3. The van der Waals surface area contributed by atoms with E-state index in [0.29, 0.717) is 11.4 Å². The summed E-state index contributed by atoms with van der Waals surface area (Å²) in [6.45, 7) is 0. The monoisotopic (exact) mass is 275 g/mol. The topological polar surface area (TPSA) is 74.9 Å². The molecule has 0 atom stereocenters. The molecule has 2 rings (SSSR count). The molecule has 0 fully saturated rings. The van der Waals surface area contributed by atoms with Gasteiger partial charge in [0.15, 0.2) is 0 Å². The zero-order valence-corrected chi connectivity index (χ0v) is 11.4. The van der Waals surface area contributed by atoms with Crippen molar-refractivity contribution in [2.24, 2.45) is 7.05 Å². The molecule has 1 heterocycles. The summed E-state index contributed by atoms with van der Waals surface area (Å²) < 4.78 is 26.4. The minimum absolute atomic E-state index is 0.515. The molecule has 98 valence electrons. The number of anilines is 1. The van der Waals surface area contributed by atoms with Gasteiger partial charge in [0.25, 0.3) is 0 Å². The van der Waals surface area contributed by atoms with E-state index in [1.165, 1.54) is 0 Å². The van der Waals surface area contributed by atoms with Crippen molar-refractivity contribution in [2.45, 2.75) is 0 Å². The fraction of sp³-hybridized carbons (Fsp3) is 0.154. The lowest BCUT2D eigenvalue weighted by Gasteiger charge is -2.07. The Balaban J connectivity index is 2.33. The highest BCUT2D eigenvalue weighted by atomic mass is 32.2. The maximum atomic E-state index is 11.1. The first-order valence-corrected chi connectivity index (χ1v) is 7.44. The summed E-state index contributed by atoms with van der Waals surface area (Å²) in [6.07, 6.45) is 1.11. The van der Waals surface area contributed by atoms with Crippen LogP contribution < -0.4 is 4.72 Å². The normalized spacial score (nSPS) is 11.0. The first-order valence-electron chi connectivity index (χ1n) is 5.55. The van der Waals surface area contributed by atoms with Crippen molar-refractivity contribution in [3.63, 3.8) is 0 Å². The lowest BCUT2D eigenvalue weighted by molar-refractivity contribution is 0.607. The lowest BCUT2D eigenvalue weighted by atomic mass is 10.1. The molecule has 1 N–H and O–H groups in total. The number of rotatable bonds is 3. The van der Waals surface area contributed by atoms with Gasteiger partial charge in [0.05, 0.1) is 6.26 Å². The summed E-state index contributed by atoms with van der Waals surface area (Å²) in [4.78, 5) is 0. The number of sulfonamides is 1. The van der Waals surface area contributed by atoms with Crippen LogP contribution in [-0.4, -0.2) is 19.2 Å². The summed E-state index contributed by atoms with van der Waals surface area (Å²) in [6, 6.07) is 12.7. The Labute approximate surface area is 112 Å². The minimum Gasteiger partial charge on any atom is -0.335 e. The molecule has 5 nitrogen and oxygen atoms in total. The van der Waals surface area contributed by atoms with E-state index >= 15 is 0 Å². The zero-order valence-electron chi connectivity index (χ0n) is 10.6. The molecule has 0 bridgehead atoms. The van der Waals surface area contributed by atoms with Gasteiger partial charge in [0.2, 0.25) is 10.0 Å². The maximum Gasteiger partial charge on any atom is 0.229 e. The molecule has 0 saturated heterocycles. The predicted molar refractivity (Wildman–Crippen MR) is 74.0 cm³/mol. The molecule has 0 saturated carbocycles. The number of aromatic nitrogens is 1. The predicted octanol–water partition coefficient (Wildman–Crippen LogP) is 1.94. The van der Waals surface area contributed by atoms with Crippen LogP contribution in [0.15, 0.2) is 36.4 Å². The van der Waals surface area contributed by atoms with Crippen LogP contribution in [0.25, 0.3) is 11.3 Å². The van der Waals surface area contributed by atoms with Crippen molar-refractivity contribution in [1.29, 1.82) is 5.26 Å². The Bertz CT molecular complexity index is 737. The van der Waals surface area contributed by atoms with Crippen LogP contribution in [0.4, 0.5) is 5.69 Å². The van der Waals surface area contributed by atoms with Crippen LogP contribution in [-0.2, 0) is 17.1 Å². The largest absolute Gasteiger partial charge is 0.335 e. The number of nitriles is 1. The molecule has 6 heteroatoms. The van der Waals surface area contributed by atoms with Gasteiger partial charge in [0.1, 0.15) is 11.8 Å². The number of hydrogen-bond donors (Lipinski definition) is 1. The highest BCUT2D eigenvalue weighted by Crippen LogP contribution is 2.23. The third-order valence-electron chi connectivity index (χ3n) is 2.72. The standard InChI is InChI=1S/C13H13N3O2S/c1-16-12(9-14)7-8-13(16)10-3-5-11(6-4-10)15-19(2,17)18/h3-8,15H,1-2H3. The van der Waals surface area contributed by atoms with Gasteiger partial charge >= 0.3 is 0 Å². The van der Waals surface area contributed by atoms with Crippen molar-refractivity contribution in [3.05, 3.63) is 42.1 Å². The van der Waals surface area contributed by atoms with E-state index in [1.54, 1.807) is 22.8 Å². The third-order valence-corrected chi connectivity index (χ3v) is 3.33. The number of nitrogens with one attached hydrogen (secondary N) is 1. The van der Waals surface area contributed by atoms with Crippen molar-refractivity contribution in [2.75, 3.05) is 11.0 Å². The molecule has 19 heavy (non-hydrogen) atoms. The van der Waals surface area contributed by atoms with Crippen LogP contribution >= 0.6 is 0 Å². The first-order chi connectivity index (χ1) is 8.90. The van der Waals surface area contributed by atoms with Gasteiger partial charge in [-0.15, -0.1) is 0 Å². The molecule has 1 aromatic carbocycles. The molecule has 0 amide bonds. The van der Waals surface area contributed by atoms with E-state index in [2.05, 4.69) is 10.8 Å². The zero-order chi connectivity index (χ0) is 14.0. The van der Waals surface area contributed by atoms with E-state index in [-0.39, 0.29) is 0 Å². The third kappa shape index (κ3) is 2.95. The summed E-state index contributed by atoms with van der Waals surface area (Å²) >= 11 is 0. The van der Waals surface area contributed by atoms with Crippen molar-refractivity contribution < 1.29 is 8.42 Å². The van der Waals surface area contributed by atoms with Gasteiger partial charge in [0, 0.05) is 18.4 Å².